The van der Waals surface area contributed by atoms with Gasteiger partial charge in [0.25, 0.3) is 0 Å². The maximum Gasteiger partial charge on any atom is 0.408 e. The Balaban J connectivity index is 2.90. The summed E-state index contributed by atoms with van der Waals surface area (Å²) in [6.07, 6.45) is 0.783. The number of esters is 1. The molecule has 0 aromatic heterocycles. The summed E-state index contributed by atoms with van der Waals surface area (Å²) >= 11 is 0. The molecule has 0 aliphatic rings. The topological polar surface area (TPSA) is 64.6 Å². The Labute approximate surface area is 159 Å². The van der Waals surface area contributed by atoms with E-state index in [1.807, 2.05) is 13.8 Å². The molecule has 5 nitrogen and oxygen atoms in total. The van der Waals surface area contributed by atoms with Gasteiger partial charge >= 0.3 is 12.1 Å². The number of rotatable bonds is 8. The molecule has 0 heterocycles. The molecule has 1 N–H and O–H groups in total. The molecule has 0 bridgehead atoms. The maximum absolute atomic E-state index is 13.4. The summed E-state index contributed by atoms with van der Waals surface area (Å²) in [5.74, 6) is -1.97. The average molecular weight is 385 g/mol. The van der Waals surface area contributed by atoms with Crippen molar-refractivity contribution in [2.75, 3.05) is 6.61 Å². The average Bonchev–Trinajstić information content (AvgIpc) is 2.52. The van der Waals surface area contributed by atoms with Crippen LogP contribution in [-0.2, 0) is 20.7 Å². The number of nitrogens with one attached hydrogen (secondary N) is 1. The van der Waals surface area contributed by atoms with Crippen LogP contribution in [0.5, 0.6) is 0 Å². The zero-order valence-electron chi connectivity index (χ0n) is 16.6. The normalized spacial score (nSPS) is 12.6. The molecule has 1 rings (SSSR count). The monoisotopic (exact) mass is 385 g/mol. The number of carbonyl (C=O) groups excluding carboxylic acids is 2. The van der Waals surface area contributed by atoms with Crippen molar-refractivity contribution in [3.63, 3.8) is 0 Å². The van der Waals surface area contributed by atoms with E-state index in [2.05, 4.69) is 5.32 Å². The largest absolute Gasteiger partial charge is 0.464 e. The van der Waals surface area contributed by atoms with Crippen LogP contribution in [0.15, 0.2) is 18.2 Å². The summed E-state index contributed by atoms with van der Waals surface area (Å²) in [6, 6.07) is 1.85. The second kappa shape index (κ2) is 10.2. The molecule has 0 radical (unpaired) electrons. The summed E-state index contributed by atoms with van der Waals surface area (Å²) < 4.78 is 37.4. The number of benzene rings is 1. The Hall–Kier alpha value is -2.18. The smallest absolute Gasteiger partial charge is 0.408 e. The number of ether oxygens (including phenoxy) is 2. The lowest BCUT2D eigenvalue weighted by atomic mass is 10.0. The van der Waals surface area contributed by atoms with E-state index in [9.17, 15) is 18.4 Å². The Morgan fingerprint density at radius 1 is 1.07 bits per heavy atom. The van der Waals surface area contributed by atoms with Crippen molar-refractivity contribution in [3.05, 3.63) is 35.4 Å². The zero-order valence-corrected chi connectivity index (χ0v) is 16.6. The molecule has 27 heavy (non-hydrogen) atoms. The summed E-state index contributed by atoms with van der Waals surface area (Å²) in [7, 11) is 0. The van der Waals surface area contributed by atoms with E-state index < -0.39 is 35.3 Å². The van der Waals surface area contributed by atoms with E-state index in [0.29, 0.717) is 0 Å². The van der Waals surface area contributed by atoms with Crippen molar-refractivity contribution in [3.8, 4) is 0 Å². The summed E-state index contributed by atoms with van der Waals surface area (Å²) in [6.45, 7) is 9.27. The van der Waals surface area contributed by atoms with E-state index in [-0.39, 0.29) is 24.5 Å². The molecular weight excluding hydrogens is 356 g/mol. The third-order valence-electron chi connectivity index (χ3n) is 3.95. The lowest BCUT2D eigenvalue weighted by Gasteiger charge is -2.23. The van der Waals surface area contributed by atoms with Gasteiger partial charge in [-0.1, -0.05) is 26.7 Å². The molecule has 1 aromatic rings. The van der Waals surface area contributed by atoms with Crippen molar-refractivity contribution in [2.24, 2.45) is 5.92 Å². The lowest BCUT2D eigenvalue weighted by Crippen LogP contribution is -2.45. The maximum atomic E-state index is 13.4. The summed E-state index contributed by atoms with van der Waals surface area (Å²) in [5, 5.41) is 2.44. The highest BCUT2D eigenvalue weighted by atomic mass is 19.1. The van der Waals surface area contributed by atoms with Crippen LogP contribution in [0.4, 0.5) is 13.6 Å². The van der Waals surface area contributed by atoms with Crippen molar-refractivity contribution in [2.45, 2.75) is 65.5 Å². The first-order valence-corrected chi connectivity index (χ1v) is 9.15. The van der Waals surface area contributed by atoms with Gasteiger partial charge in [0.2, 0.25) is 0 Å². The highest BCUT2D eigenvalue weighted by Crippen LogP contribution is 2.14. The quantitative estimate of drug-likeness (QED) is 0.675. The third kappa shape index (κ3) is 8.84. The van der Waals surface area contributed by atoms with Crippen molar-refractivity contribution in [1.29, 1.82) is 0 Å². The molecule has 0 aliphatic carbocycles. The molecule has 7 heteroatoms. The van der Waals surface area contributed by atoms with Crippen LogP contribution >= 0.6 is 0 Å². The van der Waals surface area contributed by atoms with Crippen LogP contribution in [0.1, 0.15) is 53.0 Å². The third-order valence-corrected chi connectivity index (χ3v) is 3.95. The highest BCUT2D eigenvalue weighted by molar-refractivity contribution is 5.81. The van der Waals surface area contributed by atoms with Crippen LogP contribution in [0.3, 0.4) is 0 Å². The Morgan fingerprint density at radius 3 is 2.11 bits per heavy atom. The number of amides is 1. The molecule has 1 amide bonds. The van der Waals surface area contributed by atoms with Gasteiger partial charge in [-0.15, -0.1) is 0 Å². The van der Waals surface area contributed by atoms with Gasteiger partial charge in [-0.25, -0.2) is 18.4 Å². The van der Waals surface area contributed by atoms with Crippen LogP contribution in [-0.4, -0.2) is 30.3 Å². The number of halogens is 2. The first-order valence-electron chi connectivity index (χ1n) is 9.15. The summed E-state index contributed by atoms with van der Waals surface area (Å²) in [5.41, 5.74) is -0.521. The minimum Gasteiger partial charge on any atom is -0.464 e. The predicted molar refractivity (Wildman–Crippen MR) is 98.3 cm³/mol. The Kier molecular flexibility index (Phi) is 8.66. The molecule has 1 aromatic carbocycles. The minimum absolute atomic E-state index is 0.115. The fourth-order valence-corrected chi connectivity index (χ4v) is 2.43. The molecule has 1 atom stereocenters. The molecule has 0 saturated heterocycles. The fraction of sp³-hybridized carbons (Fsp3) is 0.600. The van der Waals surface area contributed by atoms with Gasteiger partial charge in [-0.05, 0) is 44.4 Å². The van der Waals surface area contributed by atoms with E-state index in [0.717, 1.165) is 31.0 Å². The van der Waals surface area contributed by atoms with Crippen LogP contribution < -0.4 is 5.32 Å². The van der Waals surface area contributed by atoms with Gasteiger partial charge in [0, 0.05) is 12.5 Å². The second-order valence-electron chi connectivity index (χ2n) is 7.49. The van der Waals surface area contributed by atoms with Gasteiger partial charge < -0.3 is 14.8 Å². The standard InChI is InChI=1S/C20H29F2NO4/c1-6-13(7-2)12-26-18(24)17(23-19(25)27-20(3,4)5)10-14-8-15(21)11-16(22)9-14/h8-9,11,13,17H,6-7,10,12H2,1-5H3,(H,23,25)/t17-/m0/s1. The van der Waals surface area contributed by atoms with Gasteiger partial charge in [-0.2, -0.15) is 0 Å². The van der Waals surface area contributed by atoms with E-state index in [1.54, 1.807) is 20.8 Å². The SMILES string of the molecule is CCC(CC)COC(=O)[C@H](Cc1cc(F)cc(F)c1)NC(=O)OC(C)(C)C. The van der Waals surface area contributed by atoms with Crippen molar-refractivity contribution in [1.82, 2.24) is 5.32 Å². The van der Waals surface area contributed by atoms with E-state index >= 15 is 0 Å². The van der Waals surface area contributed by atoms with Crippen LogP contribution in [0.25, 0.3) is 0 Å². The summed E-state index contributed by atoms with van der Waals surface area (Å²) in [4.78, 5) is 24.5. The van der Waals surface area contributed by atoms with E-state index in [1.165, 1.54) is 0 Å². The molecule has 0 saturated carbocycles. The minimum atomic E-state index is -1.12. The second-order valence-corrected chi connectivity index (χ2v) is 7.49. The number of hydrogen-bond donors (Lipinski definition) is 1. The molecule has 0 aliphatic heterocycles. The first-order chi connectivity index (χ1) is 12.5. The molecule has 0 fully saturated rings. The van der Waals surface area contributed by atoms with Crippen LogP contribution in [0.2, 0.25) is 0 Å². The Bertz CT molecular complexity index is 619. The first kappa shape index (κ1) is 22.9. The molecule has 0 unspecified atom stereocenters. The zero-order chi connectivity index (χ0) is 20.6. The molecule has 152 valence electrons. The fourth-order valence-electron chi connectivity index (χ4n) is 2.43. The number of carbonyl (C=O) groups is 2. The number of hydrogen-bond acceptors (Lipinski definition) is 4. The highest BCUT2D eigenvalue weighted by Gasteiger charge is 2.26. The van der Waals surface area contributed by atoms with Crippen molar-refractivity contribution >= 4 is 12.1 Å². The molecule has 0 spiro atoms. The van der Waals surface area contributed by atoms with Gasteiger partial charge in [0.05, 0.1) is 6.61 Å². The Morgan fingerprint density at radius 2 is 1.63 bits per heavy atom. The van der Waals surface area contributed by atoms with Gasteiger partial charge in [-0.3, -0.25) is 0 Å². The number of alkyl carbamates (subject to hydrolysis) is 1. The van der Waals surface area contributed by atoms with E-state index in [4.69, 9.17) is 9.47 Å². The lowest BCUT2D eigenvalue weighted by molar-refractivity contribution is -0.147. The van der Waals surface area contributed by atoms with Gasteiger partial charge in [0.1, 0.15) is 23.3 Å². The van der Waals surface area contributed by atoms with Crippen LogP contribution in [0, 0.1) is 17.6 Å². The van der Waals surface area contributed by atoms with Crippen molar-refractivity contribution < 1.29 is 27.8 Å². The van der Waals surface area contributed by atoms with Gasteiger partial charge in [0.15, 0.2) is 0 Å². The molecular formula is C20H29F2NO4. The predicted octanol–water partition coefficient (Wildman–Crippen LogP) is 4.38.